The number of esters is 1. The molecule has 0 saturated heterocycles. The number of methoxy groups -OCH3 is 1. The molecule has 1 N–H and O–H groups in total. The van der Waals surface area contributed by atoms with E-state index in [0.717, 1.165) is 0 Å². The van der Waals surface area contributed by atoms with Crippen molar-refractivity contribution in [2.24, 2.45) is 0 Å². The molecule has 0 aliphatic heterocycles. The molecule has 0 bridgehead atoms. The second kappa shape index (κ2) is 5.77. The number of rotatable bonds is 3. The highest BCUT2D eigenvalue weighted by Gasteiger charge is 2.20. The Morgan fingerprint density at radius 1 is 1.32 bits per heavy atom. The Kier molecular flexibility index (Phi) is 4.58. The predicted molar refractivity (Wildman–Crippen MR) is 67.8 cm³/mol. The molecular formula is C13H19NO5. The monoisotopic (exact) mass is 269 g/mol. The highest BCUT2D eigenvalue weighted by molar-refractivity contribution is 5.86. The van der Waals surface area contributed by atoms with Crippen LogP contribution in [0.4, 0.5) is 4.79 Å². The van der Waals surface area contributed by atoms with Gasteiger partial charge in [0, 0.05) is 0 Å². The third kappa shape index (κ3) is 4.65. The van der Waals surface area contributed by atoms with Gasteiger partial charge in [-0.05, 0) is 39.8 Å². The molecule has 1 aromatic rings. The second-order valence-corrected chi connectivity index (χ2v) is 5.06. The number of hydrogen-bond acceptors (Lipinski definition) is 5. The van der Waals surface area contributed by atoms with Gasteiger partial charge in [-0.1, -0.05) is 0 Å². The van der Waals surface area contributed by atoms with E-state index in [-0.39, 0.29) is 5.76 Å². The summed E-state index contributed by atoms with van der Waals surface area (Å²) in [7, 11) is 1.27. The molecule has 1 amide bonds. The molecule has 106 valence electrons. The van der Waals surface area contributed by atoms with Gasteiger partial charge in [-0.15, -0.1) is 0 Å². The Balaban J connectivity index is 2.63. The molecule has 0 unspecified atom stereocenters. The van der Waals surface area contributed by atoms with E-state index in [4.69, 9.17) is 9.15 Å². The Morgan fingerprint density at radius 3 is 2.47 bits per heavy atom. The van der Waals surface area contributed by atoms with E-state index in [1.807, 2.05) is 0 Å². The zero-order valence-electron chi connectivity index (χ0n) is 11.8. The number of nitrogens with one attached hydrogen (secondary N) is 1. The molecule has 1 rings (SSSR count). The van der Waals surface area contributed by atoms with Crippen molar-refractivity contribution in [1.82, 2.24) is 5.32 Å². The van der Waals surface area contributed by atoms with E-state index < -0.39 is 23.7 Å². The normalized spacial score (nSPS) is 12.7. The van der Waals surface area contributed by atoms with Crippen LogP contribution in [0.15, 0.2) is 16.5 Å². The second-order valence-electron chi connectivity index (χ2n) is 5.06. The number of carbonyl (C=O) groups is 2. The molecule has 6 heteroatoms. The zero-order valence-corrected chi connectivity index (χ0v) is 11.8. The first-order valence-corrected chi connectivity index (χ1v) is 5.90. The standard InChI is InChI=1S/C13H19NO5/c1-8(14-12(16)19-13(2,3)4)9-6-7-10(18-9)11(15)17-5/h6-8H,1-5H3,(H,14,16)/t8-/m1/s1. The van der Waals surface area contributed by atoms with Crippen molar-refractivity contribution in [3.63, 3.8) is 0 Å². The summed E-state index contributed by atoms with van der Waals surface area (Å²) in [5.41, 5.74) is -0.565. The molecule has 0 aliphatic carbocycles. The van der Waals surface area contributed by atoms with Crippen molar-refractivity contribution in [1.29, 1.82) is 0 Å². The first kappa shape index (κ1) is 15.1. The molecule has 0 spiro atoms. The van der Waals surface area contributed by atoms with Crippen LogP contribution in [-0.4, -0.2) is 24.8 Å². The number of amides is 1. The van der Waals surface area contributed by atoms with Gasteiger partial charge in [-0.3, -0.25) is 0 Å². The van der Waals surface area contributed by atoms with E-state index in [9.17, 15) is 9.59 Å². The quantitative estimate of drug-likeness (QED) is 0.853. The van der Waals surface area contributed by atoms with Gasteiger partial charge in [-0.25, -0.2) is 9.59 Å². The highest BCUT2D eigenvalue weighted by atomic mass is 16.6. The van der Waals surface area contributed by atoms with Crippen LogP contribution >= 0.6 is 0 Å². The van der Waals surface area contributed by atoms with Gasteiger partial charge in [0.1, 0.15) is 11.4 Å². The van der Waals surface area contributed by atoms with Crippen molar-refractivity contribution in [2.45, 2.75) is 39.3 Å². The summed E-state index contributed by atoms with van der Waals surface area (Å²) in [6.45, 7) is 7.06. The van der Waals surface area contributed by atoms with Crippen molar-refractivity contribution >= 4 is 12.1 Å². The van der Waals surface area contributed by atoms with Crippen molar-refractivity contribution in [3.8, 4) is 0 Å². The largest absolute Gasteiger partial charge is 0.463 e. The van der Waals surface area contributed by atoms with E-state index in [1.165, 1.54) is 13.2 Å². The number of carbonyl (C=O) groups excluding carboxylic acids is 2. The maximum Gasteiger partial charge on any atom is 0.408 e. The topological polar surface area (TPSA) is 77.8 Å². The summed E-state index contributed by atoms with van der Waals surface area (Å²) in [6, 6.07) is 2.69. The molecule has 1 heterocycles. The number of hydrogen-bond donors (Lipinski definition) is 1. The Bertz CT molecular complexity index is 458. The lowest BCUT2D eigenvalue weighted by molar-refractivity contribution is 0.0501. The maximum atomic E-state index is 11.6. The minimum atomic E-state index is -0.565. The lowest BCUT2D eigenvalue weighted by Crippen LogP contribution is -2.33. The predicted octanol–water partition coefficient (Wildman–Crippen LogP) is 2.65. The average Bonchev–Trinajstić information content (AvgIpc) is 2.74. The lowest BCUT2D eigenvalue weighted by Gasteiger charge is -2.21. The summed E-state index contributed by atoms with van der Waals surface area (Å²) in [6.07, 6.45) is -0.545. The molecule has 19 heavy (non-hydrogen) atoms. The van der Waals surface area contributed by atoms with Crippen LogP contribution in [0.5, 0.6) is 0 Å². The molecule has 0 aliphatic rings. The molecule has 0 aromatic carbocycles. The van der Waals surface area contributed by atoms with Gasteiger partial charge in [0.15, 0.2) is 0 Å². The zero-order chi connectivity index (χ0) is 14.6. The van der Waals surface area contributed by atoms with Gasteiger partial charge in [-0.2, -0.15) is 0 Å². The number of furan rings is 1. The Hall–Kier alpha value is -1.98. The molecule has 6 nitrogen and oxygen atoms in total. The summed E-state index contributed by atoms with van der Waals surface area (Å²) in [5, 5.41) is 2.62. The average molecular weight is 269 g/mol. The van der Waals surface area contributed by atoms with E-state index in [1.54, 1.807) is 33.8 Å². The van der Waals surface area contributed by atoms with Crippen LogP contribution in [0.1, 0.15) is 50.1 Å². The molecule has 0 fully saturated rings. The van der Waals surface area contributed by atoms with E-state index in [2.05, 4.69) is 10.1 Å². The summed E-state index contributed by atoms with van der Waals surface area (Å²) in [4.78, 5) is 22.8. The molecule has 0 radical (unpaired) electrons. The van der Waals surface area contributed by atoms with Gasteiger partial charge in [0.2, 0.25) is 5.76 Å². The molecule has 0 saturated carbocycles. The smallest absolute Gasteiger partial charge is 0.408 e. The highest BCUT2D eigenvalue weighted by Crippen LogP contribution is 2.17. The summed E-state index contributed by atoms with van der Waals surface area (Å²) >= 11 is 0. The van der Waals surface area contributed by atoms with Gasteiger partial charge < -0.3 is 19.2 Å². The fourth-order valence-electron chi connectivity index (χ4n) is 1.35. The van der Waals surface area contributed by atoms with Crippen LogP contribution in [0.2, 0.25) is 0 Å². The van der Waals surface area contributed by atoms with Gasteiger partial charge >= 0.3 is 12.1 Å². The fourth-order valence-corrected chi connectivity index (χ4v) is 1.35. The van der Waals surface area contributed by atoms with Gasteiger partial charge in [0.05, 0.1) is 13.2 Å². The van der Waals surface area contributed by atoms with Crippen LogP contribution < -0.4 is 5.32 Å². The first-order valence-electron chi connectivity index (χ1n) is 5.90. The molecular weight excluding hydrogens is 250 g/mol. The summed E-state index contributed by atoms with van der Waals surface area (Å²) < 4.78 is 14.9. The van der Waals surface area contributed by atoms with Crippen molar-refractivity contribution < 1.29 is 23.5 Å². The third-order valence-corrected chi connectivity index (χ3v) is 2.17. The summed E-state index contributed by atoms with van der Waals surface area (Å²) in [5.74, 6) is -0.0164. The minimum Gasteiger partial charge on any atom is -0.463 e. The lowest BCUT2D eigenvalue weighted by atomic mass is 10.2. The van der Waals surface area contributed by atoms with Crippen LogP contribution in [-0.2, 0) is 9.47 Å². The van der Waals surface area contributed by atoms with E-state index in [0.29, 0.717) is 5.76 Å². The van der Waals surface area contributed by atoms with Crippen LogP contribution in [0, 0.1) is 0 Å². The Labute approximate surface area is 112 Å². The van der Waals surface area contributed by atoms with Crippen LogP contribution in [0.3, 0.4) is 0 Å². The fraction of sp³-hybridized carbons (Fsp3) is 0.538. The maximum absolute atomic E-state index is 11.6. The van der Waals surface area contributed by atoms with Gasteiger partial charge in [0.25, 0.3) is 0 Å². The SMILES string of the molecule is COC(=O)c1ccc([C@@H](C)NC(=O)OC(C)(C)C)o1. The number of alkyl carbamates (subject to hydrolysis) is 1. The third-order valence-electron chi connectivity index (χ3n) is 2.17. The first-order chi connectivity index (χ1) is 8.73. The van der Waals surface area contributed by atoms with Crippen molar-refractivity contribution in [2.75, 3.05) is 7.11 Å². The number of ether oxygens (including phenoxy) is 2. The molecule has 1 aromatic heterocycles. The molecule has 1 atom stereocenters. The van der Waals surface area contributed by atoms with Crippen LogP contribution in [0.25, 0.3) is 0 Å². The Morgan fingerprint density at radius 2 is 1.95 bits per heavy atom. The minimum absolute atomic E-state index is 0.0929. The van der Waals surface area contributed by atoms with Crippen molar-refractivity contribution in [3.05, 3.63) is 23.7 Å². The van der Waals surface area contributed by atoms with E-state index >= 15 is 0 Å².